The number of carbonyl (C=O) groups is 2. The van der Waals surface area contributed by atoms with Gasteiger partial charge in [0, 0.05) is 17.8 Å². The number of rotatable bonds is 5. The van der Waals surface area contributed by atoms with Gasteiger partial charge in [-0.15, -0.1) is 0 Å². The Kier molecular flexibility index (Phi) is 4.65. The van der Waals surface area contributed by atoms with Crippen molar-refractivity contribution in [2.75, 3.05) is 6.61 Å². The fourth-order valence-electron chi connectivity index (χ4n) is 1.93. The van der Waals surface area contributed by atoms with Crippen LogP contribution in [0.1, 0.15) is 40.3 Å². The second-order valence-corrected chi connectivity index (χ2v) is 4.60. The first-order valence-electron chi connectivity index (χ1n) is 6.61. The van der Waals surface area contributed by atoms with Gasteiger partial charge in [-0.3, -0.25) is 9.48 Å². The largest absolute Gasteiger partial charge is 0.461 e. The molecule has 1 aromatic carbocycles. The molecule has 22 heavy (non-hydrogen) atoms. The summed E-state index contributed by atoms with van der Waals surface area (Å²) in [6.45, 7) is 3.04. The summed E-state index contributed by atoms with van der Waals surface area (Å²) in [6, 6.07) is 3.17. The van der Waals surface area contributed by atoms with E-state index < -0.39 is 17.6 Å². The lowest BCUT2D eigenvalue weighted by Gasteiger charge is -2.03. The van der Waals surface area contributed by atoms with Gasteiger partial charge in [0.2, 0.25) is 0 Å². The summed E-state index contributed by atoms with van der Waals surface area (Å²) in [5, 5.41) is 3.97. The van der Waals surface area contributed by atoms with Crippen molar-refractivity contribution in [3.63, 3.8) is 0 Å². The molecule has 0 fully saturated rings. The molecule has 0 saturated heterocycles. The van der Waals surface area contributed by atoms with Crippen LogP contribution in [0.15, 0.2) is 24.4 Å². The maximum atomic E-state index is 13.6. The van der Waals surface area contributed by atoms with Gasteiger partial charge in [-0.05, 0) is 19.9 Å². The van der Waals surface area contributed by atoms with Crippen molar-refractivity contribution in [3.05, 3.63) is 52.9 Å². The Morgan fingerprint density at radius 3 is 2.64 bits per heavy atom. The molecule has 7 heteroatoms. The number of esters is 1. The average molecular weight is 308 g/mol. The highest BCUT2D eigenvalue weighted by molar-refractivity contribution is 6.04. The van der Waals surface area contributed by atoms with Crippen LogP contribution in [-0.2, 0) is 11.3 Å². The summed E-state index contributed by atoms with van der Waals surface area (Å²) in [6.07, 6.45) is 1.34. The Hall–Kier alpha value is -2.57. The first-order chi connectivity index (χ1) is 10.4. The number of ether oxygens (including phenoxy) is 1. The van der Waals surface area contributed by atoms with Gasteiger partial charge in [0.15, 0.2) is 11.5 Å². The lowest BCUT2D eigenvalue weighted by molar-refractivity contribution is 0.0515. The average Bonchev–Trinajstić information content (AvgIpc) is 2.86. The fraction of sp³-hybridized carbons (Fsp3) is 0.267. The quantitative estimate of drug-likeness (QED) is 0.629. The zero-order valence-corrected chi connectivity index (χ0v) is 12.1. The second kappa shape index (κ2) is 6.46. The molecular weight excluding hydrogens is 294 g/mol. The van der Waals surface area contributed by atoms with Crippen molar-refractivity contribution in [2.24, 2.45) is 0 Å². The van der Waals surface area contributed by atoms with E-state index >= 15 is 0 Å². The fourth-order valence-corrected chi connectivity index (χ4v) is 1.93. The molecule has 0 N–H and O–H groups in total. The third kappa shape index (κ3) is 3.36. The normalized spacial score (nSPS) is 10.5. The van der Waals surface area contributed by atoms with Gasteiger partial charge in [-0.25, -0.2) is 13.6 Å². The Morgan fingerprint density at radius 2 is 2.05 bits per heavy atom. The highest BCUT2D eigenvalue weighted by atomic mass is 19.1. The first-order valence-corrected chi connectivity index (χ1v) is 6.61. The van der Waals surface area contributed by atoms with Crippen LogP contribution in [0.4, 0.5) is 8.78 Å². The second-order valence-electron chi connectivity index (χ2n) is 4.60. The lowest BCUT2D eigenvalue weighted by Crippen LogP contribution is -2.10. The summed E-state index contributed by atoms with van der Waals surface area (Å²) < 4.78 is 32.6. The predicted molar refractivity (Wildman–Crippen MR) is 73.6 cm³/mol. The number of ketones is 1. The molecule has 116 valence electrons. The van der Waals surface area contributed by atoms with Gasteiger partial charge < -0.3 is 4.74 Å². The van der Waals surface area contributed by atoms with Gasteiger partial charge in [-0.2, -0.15) is 5.10 Å². The number of hydrogen-bond donors (Lipinski definition) is 0. The maximum Gasteiger partial charge on any atom is 0.359 e. The lowest BCUT2D eigenvalue weighted by atomic mass is 10.2. The van der Waals surface area contributed by atoms with Crippen molar-refractivity contribution in [1.29, 1.82) is 0 Å². The van der Waals surface area contributed by atoms with E-state index in [1.54, 1.807) is 6.92 Å². The standard InChI is InChI=1S/C15H14F2N2O3/c1-3-22-15(21)14-12(9(2)20)8-19(18-14)7-10-4-5-11(16)6-13(10)17/h4-6,8H,3,7H2,1-2H3. The third-order valence-corrected chi connectivity index (χ3v) is 2.96. The van der Waals surface area contributed by atoms with Gasteiger partial charge in [0.25, 0.3) is 0 Å². The number of benzene rings is 1. The van der Waals surface area contributed by atoms with Crippen LogP contribution in [0.5, 0.6) is 0 Å². The van der Waals surface area contributed by atoms with Crippen molar-refractivity contribution in [2.45, 2.75) is 20.4 Å². The van der Waals surface area contributed by atoms with Crippen LogP contribution >= 0.6 is 0 Å². The van der Waals surface area contributed by atoms with Gasteiger partial charge in [0.05, 0.1) is 18.7 Å². The van der Waals surface area contributed by atoms with Crippen molar-refractivity contribution >= 4 is 11.8 Å². The molecular formula is C15H14F2N2O3. The molecule has 5 nitrogen and oxygen atoms in total. The molecule has 0 amide bonds. The Labute approximate surface area is 125 Å². The minimum absolute atomic E-state index is 0.0359. The topological polar surface area (TPSA) is 61.2 Å². The van der Waals surface area contributed by atoms with E-state index in [1.807, 2.05) is 0 Å². The summed E-state index contributed by atoms with van der Waals surface area (Å²) >= 11 is 0. The van der Waals surface area contributed by atoms with E-state index in [-0.39, 0.29) is 35.8 Å². The molecule has 2 rings (SSSR count). The summed E-state index contributed by atoms with van der Waals surface area (Å²) in [5.41, 5.74) is 0.173. The highest BCUT2D eigenvalue weighted by Crippen LogP contribution is 2.14. The van der Waals surface area contributed by atoms with Crippen molar-refractivity contribution in [3.8, 4) is 0 Å². The maximum absolute atomic E-state index is 13.6. The number of nitrogens with zero attached hydrogens (tertiary/aromatic N) is 2. The van der Waals surface area contributed by atoms with Crippen LogP contribution in [-0.4, -0.2) is 28.1 Å². The van der Waals surface area contributed by atoms with Crippen LogP contribution in [0, 0.1) is 11.6 Å². The van der Waals surface area contributed by atoms with E-state index in [1.165, 1.54) is 23.9 Å². The molecule has 0 radical (unpaired) electrons. The SMILES string of the molecule is CCOC(=O)c1nn(Cc2ccc(F)cc2F)cc1C(C)=O. The molecule has 0 atom stereocenters. The Bertz CT molecular complexity index is 726. The summed E-state index contributed by atoms with van der Waals surface area (Å²) in [5.74, 6) is -2.48. The molecule has 0 unspecified atom stereocenters. The van der Waals surface area contributed by atoms with E-state index in [4.69, 9.17) is 4.74 Å². The van der Waals surface area contributed by atoms with E-state index in [2.05, 4.69) is 5.10 Å². The van der Waals surface area contributed by atoms with Crippen LogP contribution < -0.4 is 0 Å². The number of Topliss-reactive ketones (excluding diaryl/α,β-unsaturated/α-hetero) is 1. The molecule has 0 bridgehead atoms. The molecule has 2 aromatic rings. The first kappa shape index (κ1) is 15.8. The van der Waals surface area contributed by atoms with Gasteiger partial charge in [-0.1, -0.05) is 6.07 Å². The molecule has 1 aromatic heterocycles. The van der Waals surface area contributed by atoms with E-state index in [0.29, 0.717) is 0 Å². The summed E-state index contributed by atoms with van der Waals surface area (Å²) in [7, 11) is 0. The molecule has 0 aliphatic rings. The Balaban J connectivity index is 2.34. The zero-order valence-electron chi connectivity index (χ0n) is 12.1. The molecule has 0 aliphatic carbocycles. The molecule has 0 saturated carbocycles. The van der Waals surface area contributed by atoms with Crippen molar-refractivity contribution in [1.82, 2.24) is 9.78 Å². The third-order valence-electron chi connectivity index (χ3n) is 2.96. The number of aromatic nitrogens is 2. The van der Waals surface area contributed by atoms with E-state index in [9.17, 15) is 18.4 Å². The Morgan fingerprint density at radius 1 is 1.32 bits per heavy atom. The van der Waals surface area contributed by atoms with Gasteiger partial charge >= 0.3 is 5.97 Å². The minimum atomic E-state index is -0.724. The van der Waals surface area contributed by atoms with E-state index in [0.717, 1.165) is 12.1 Å². The van der Waals surface area contributed by atoms with Gasteiger partial charge in [0.1, 0.15) is 11.6 Å². The zero-order chi connectivity index (χ0) is 16.3. The molecule has 0 spiro atoms. The van der Waals surface area contributed by atoms with Crippen LogP contribution in [0.2, 0.25) is 0 Å². The minimum Gasteiger partial charge on any atom is -0.461 e. The van der Waals surface area contributed by atoms with Crippen molar-refractivity contribution < 1.29 is 23.1 Å². The van der Waals surface area contributed by atoms with Crippen LogP contribution in [0.25, 0.3) is 0 Å². The summed E-state index contributed by atoms with van der Waals surface area (Å²) in [4.78, 5) is 23.3. The van der Waals surface area contributed by atoms with Crippen LogP contribution in [0.3, 0.4) is 0 Å². The monoisotopic (exact) mass is 308 g/mol. The number of hydrogen-bond acceptors (Lipinski definition) is 4. The molecule has 0 aliphatic heterocycles. The highest BCUT2D eigenvalue weighted by Gasteiger charge is 2.21. The molecule has 1 heterocycles. The predicted octanol–water partition coefficient (Wildman–Crippen LogP) is 2.59. The number of carbonyl (C=O) groups excluding carboxylic acids is 2. The number of halogens is 2. The smallest absolute Gasteiger partial charge is 0.359 e.